The zero-order valence-corrected chi connectivity index (χ0v) is 11.9. The van der Waals surface area contributed by atoms with Crippen LogP contribution in [0.2, 0.25) is 0 Å². The predicted molar refractivity (Wildman–Crippen MR) is 82.2 cm³/mol. The summed E-state index contributed by atoms with van der Waals surface area (Å²) in [5.74, 6) is 1.35. The molecule has 0 aliphatic heterocycles. The van der Waals surface area contributed by atoms with Crippen molar-refractivity contribution < 1.29 is 13.9 Å². The molecule has 1 aromatic heterocycles. The lowest BCUT2D eigenvalue weighted by Gasteiger charge is -2.11. The average Bonchev–Trinajstić information content (AvgIpc) is 2.97. The monoisotopic (exact) mass is 294 g/mol. The Morgan fingerprint density at radius 2 is 1.82 bits per heavy atom. The van der Waals surface area contributed by atoms with Crippen LogP contribution in [0.4, 0.5) is 5.69 Å². The molecular formula is C17H14N2O3. The first-order chi connectivity index (χ1) is 10.7. The normalized spacial score (nSPS) is 10.2. The number of nitrogens with one attached hydrogen (secondary N) is 1. The lowest BCUT2D eigenvalue weighted by Crippen LogP contribution is -2.12. The van der Waals surface area contributed by atoms with Crippen molar-refractivity contribution in [1.29, 1.82) is 0 Å². The van der Waals surface area contributed by atoms with Crippen molar-refractivity contribution in [2.24, 2.45) is 0 Å². The van der Waals surface area contributed by atoms with Gasteiger partial charge in [-0.1, -0.05) is 30.3 Å². The zero-order valence-electron chi connectivity index (χ0n) is 11.9. The van der Waals surface area contributed by atoms with Gasteiger partial charge >= 0.3 is 0 Å². The summed E-state index contributed by atoms with van der Waals surface area (Å²) in [6.45, 7) is 1.68. The smallest absolute Gasteiger partial charge is 0.277 e. The maximum absolute atomic E-state index is 12.1. The Labute approximate surface area is 127 Å². The summed E-state index contributed by atoms with van der Waals surface area (Å²) in [6.07, 6.45) is 1.32. The fourth-order valence-corrected chi connectivity index (χ4v) is 1.93. The van der Waals surface area contributed by atoms with E-state index in [1.807, 2.05) is 42.5 Å². The van der Waals surface area contributed by atoms with E-state index in [2.05, 4.69) is 10.3 Å². The van der Waals surface area contributed by atoms with Crippen LogP contribution in [0, 0.1) is 6.92 Å². The first-order valence-corrected chi connectivity index (χ1v) is 6.78. The topological polar surface area (TPSA) is 64.4 Å². The highest BCUT2D eigenvalue weighted by atomic mass is 16.5. The van der Waals surface area contributed by atoms with Crippen LogP contribution in [0.15, 0.2) is 65.3 Å². The molecule has 5 nitrogen and oxygen atoms in total. The van der Waals surface area contributed by atoms with E-state index in [1.165, 1.54) is 6.26 Å². The summed E-state index contributed by atoms with van der Waals surface area (Å²) in [5.41, 5.74) is 0.795. The van der Waals surface area contributed by atoms with Crippen molar-refractivity contribution in [2.45, 2.75) is 6.92 Å². The van der Waals surface area contributed by atoms with E-state index in [9.17, 15) is 4.79 Å². The van der Waals surface area contributed by atoms with Gasteiger partial charge < -0.3 is 14.5 Å². The van der Waals surface area contributed by atoms with E-state index >= 15 is 0 Å². The van der Waals surface area contributed by atoms with Gasteiger partial charge in [0.05, 0.1) is 5.69 Å². The zero-order chi connectivity index (χ0) is 15.4. The number of amides is 1. The molecule has 3 aromatic rings. The minimum Gasteiger partial charge on any atom is -0.455 e. The number of nitrogens with zero attached hydrogens (tertiary/aromatic N) is 1. The standard InChI is InChI=1S/C17H14N2O3/c1-12-18-15(11-21-12)17(20)19-14-9-5-6-10-16(14)22-13-7-3-2-4-8-13/h2-11H,1H3,(H,19,20). The van der Waals surface area contributed by atoms with Crippen LogP contribution in [0.5, 0.6) is 11.5 Å². The van der Waals surface area contributed by atoms with E-state index in [4.69, 9.17) is 9.15 Å². The molecule has 2 aromatic carbocycles. The van der Waals surface area contributed by atoms with Crippen molar-refractivity contribution in [3.63, 3.8) is 0 Å². The van der Waals surface area contributed by atoms with Gasteiger partial charge in [-0.05, 0) is 24.3 Å². The van der Waals surface area contributed by atoms with Crippen molar-refractivity contribution in [1.82, 2.24) is 4.98 Å². The van der Waals surface area contributed by atoms with Gasteiger partial charge in [-0.25, -0.2) is 4.98 Å². The first-order valence-electron chi connectivity index (χ1n) is 6.78. The van der Waals surface area contributed by atoms with Crippen molar-refractivity contribution >= 4 is 11.6 Å². The molecule has 1 amide bonds. The van der Waals surface area contributed by atoms with Gasteiger partial charge in [0.25, 0.3) is 5.91 Å². The maximum Gasteiger partial charge on any atom is 0.277 e. The van der Waals surface area contributed by atoms with E-state index in [0.717, 1.165) is 0 Å². The number of aryl methyl sites for hydroxylation is 1. The quantitative estimate of drug-likeness (QED) is 0.789. The SMILES string of the molecule is Cc1nc(C(=O)Nc2ccccc2Oc2ccccc2)co1. The Morgan fingerprint density at radius 1 is 1.09 bits per heavy atom. The van der Waals surface area contributed by atoms with Gasteiger partial charge in [0, 0.05) is 6.92 Å². The Balaban J connectivity index is 1.81. The number of carbonyl (C=O) groups is 1. The molecule has 0 unspecified atom stereocenters. The van der Waals surface area contributed by atoms with E-state index in [1.54, 1.807) is 19.1 Å². The number of para-hydroxylation sites is 3. The van der Waals surface area contributed by atoms with Crippen molar-refractivity contribution in [2.75, 3.05) is 5.32 Å². The predicted octanol–water partition coefficient (Wildman–Crippen LogP) is 4.03. The molecule has 0 saturated heterocycles. The second-order valence-electron chi connectivity index (χ2n) is 4.62. The molecule has 0 aliphatic carbocycles. The van der Waals surface area contributed by atoms with E-state index in [0.29, 0.717) is 23.1 Å². The van der Waals surface area contributed by atoms with Gasteiger partial charge in [0.15, 0.2) is 17.3 Å². The second kappa shape index (κ2) is 6.13. The molecule has 3 rings (SSSR count). The number of rotatable bonds is 4. The summed E-state index contributed by atoms with van der Waals surface area (Å²) in [7, 11) is 0. The van der Waals surface area contributed by atoms with Crippen LogP contribution in [-0.2, 0) is 0 Å². The molecule has 0 atom stereocenters. The fourth-order valence-electron chi connectivity index (χ4n) is 1.93. The second-order valence-corrected chi connectivity index (χ2v) is 4.62. The number of aromatic nitrogens is 1. The number of anilines is 1. The molecular weight excluding hydrogens is 280 g/mol. The average molecular weight is 294 g/mol. The summed E-state index contributed by atoms with van der Waals surface area (Å²) >= 11 is 0. The summed E-state index contributed by atoms with van der Waals surface area (Å²) < 4.78 is 10.8. The summed E-state index contributed by atoms with van der Waals surface area (Å²) in [4.78, 5) is 16.1. The lowest BCUT2D eigenvalue weighted by atomic mass is 10.2. The van der Waals surface area contributed by atoms with Crippen LogP contribution in [0.25, 0.3) is 0 Å². The van der Waals surface area contributed by atoms with E-state index < -0.39 is 0 Å². The van der Waals surface area contributed by atoms with Gasteiger partial charge in [0.2, 0.25) is 0 Å². The Bertz CT molecular complexity index is 781. The maximum atomic E-state index is 12.1. The summed E-state index contributed by atoms with van der Waals surface area (Å²) in [5, 5.41) is 2.77. The molecule has 0 radical (unpaired) electrons. The molecule has 0 aliphatic rings. The Kier molecular flexibility index (Phi) is 3.87. The van der Waals surface area contributed by atoms with Crippen molar-refractivity contribution in [3.8, 4) is 11.5 Å². The molecule has 0 spiro atoms. The number of hydrogen-bond acceptors (Lipinski definition) is 4. The minimum atomic E-state index is -0.346. The fraction of sp³-hybridized carbons (Fsp3) is 0.0588. The molecule has 5 heteroatoms. The molecule has 0 fully saturated rings. The number of hydrogen-bond donors (Lipinski definition) is 1. The first kappa shape index (κ1) is 13.9. The van der Waals surface area contributed by atoms with Gasteiger partial charge in [-0.2, -0.15) is 0 Å². The molecule has 22 heavy (non-hydrogen) atoms. The third-order valence-corrected chi connectivity index (χ3v) is 2.96. The summed E-state index contributed by atoms with van der Waals surface area (Å²) in [6, 6.07) is 16.6. The molecule has 1 N–H and O–H groups in total. The van der Waals surface area contributed by atoms with Crippen LogP contribution >= 0.6 is 0 Å². The third kappa shape index (κ3) is 3.15. The van der Waals surface area contributed by atoms with E-state index in [-0.39, 0.29) is 11.6 Å². The highest BCUT2D eigenvalue weighted by Crippen LogP contribution is 2.29. The Hall–Kier alpha value is -3.08. The lowest BCUT2D eigenvalue weighted by molar-refractivity contribution is 0.102. The minimum absolute atomic E-state index is 0.229. The van der Waals surface area contributed by atoms with Crippen LogP contribution in [0.3, 0.4) is 0 Å². The molecule has 110 valence electrons. The van der Waals surface area contributed by atoms with Crippen LogP contribution < -0.4 is 10.1 Å². The molecule has 0 saturated carbocycles. The van der Waals surface area contributed by atoms with Gasteiger partial charge in [0.1, 0.15) is 12.0 Å². The Morgan fingerprint density at radius 3 is 2.55 bits per heavy atom. The number of ether oxygens (including phenoxy) is 1. The third-order valence-electron chi connectivity index (χ3n) is 2.96. The van der Waals surface area contributed by atoms with Crippen LogP contribution in [0.1, 0.15) is 16.4 Å². The van der Waals surface area contributed by atoms with Gasteiger partial charge in [-0.3, -0.25) is 4.79 Å². The highest BCUT2D eigenvalue weighted by Gasteiger charge is 2.13. The highest BCUT2D eigenvalue weighted by molar-refractivity contribution is 6.03. The number of benzene rings is 2. The van der Waals surface area contributed by atoms with Gasteiger partial charge in [-0.15, -0.1) is 0 Å². The molecule has 1 heterocycles. The number of carbonyl (C=O) groups excluding carboxylic acids is 1. The van der Waals surface area contributed by atoms with Crippen LogP contribution in [-0.4, -0.2) is 10.9 Å². The molecule has 0 bridgehead atoms. The number of oxazole rings is 1. The largest absolute Gasteiger partial charge is 0.455 e. The van der Waals surface area contributed by atoms with Crippen molar-refractivity contribution in [3.05, 3.63) is 72.4 Å².